The molecule has 1 amide bonds. The largest absolute Gasteiger partial charge is 0.494 e. The minimum atomic E-state index is -1.32. The number of amides is 1. The second-order valence-corrected chi connectivity index (χ2v) is 9.74. The number of aliphatic hydroxyl groups is 1. The van der Waals surface area contributed by atoms with Gasteiger partial charge in [-0.25, -0.2) is 18.2 Å². The van der Waals surface area contributed by atoms with Gasteiger partial charge < -0.3 is 20.1 Å². The van der Waals surface area contributed by atoms with E-state index in [0.717, 1.165) is 22.8 Å². The maximum atomic E-state index is 14.0. The summed E-state index contributed by atoms with van der Waals surface area (Å²) in [5.41, 5.74) is 1.39. The first-order valence-corrected chi connectivity index (χ1v) is 12.3. The number of hydrogen-bond acceptors (Lipinski definition) is 6. The number of halogens is 3. The van der Waals surface area contributed by atoms with Crippen molar-refractivity contribution in [3.8, 4) is 16.9 Å². The number of aryl methyl sites for hydroxylation is 1. The molecule has 11 heteroatoms. The SMILES string of the molecule is Cc1ccc(OCCCC(C)(C)O)cc1-c1ccnc(NC(=O)c2nnc(Cc3c(F)ccc(F)c3F)[nH]2)c1. The molecule has 3 N–H and O–H groups in total. The van der Waals surface area contributed by atoms with Crippen LogP contribution in [-0.2, 0) is 6.42 Å². The van der Waals surface area contributed by atoms with Crippen molar-refractivity contribution in [1.29, 1.82) is 0 Å². The van der Waals surface area contributed by atoms with Crippen molar-refractivity contribution in [2.75, 3.05) is 11.9 Å². The zero-order chi connectivity index (χ0) is 28.2. The van der Waals surface area contributed by atoms with E-state index in [2.05, 4.69) is 25.5 Å². The third-order valence-electron chi connectivity index (χ3n) is 5.95. The van der Waals surface area contributed by atoms with Crippen LogP contribution in [0.15, 0.2) is 48.7 Å². The number of carbonyl (C=O) groups excluding carboxylic acids is 1. The average molecular weight is 540 g/mol. The molecule has 0 aliphatic carbocycles. The summed E-state index contributed by atoms with van der Waals surface area (Å²) in [5.74, 6) is -3.41. The first kappa shape index (κ1) is 27.8. The molecule has 2 aromatic heterocycles. The van der Waals surface area contributed by atoms with Crippen LogP contribution in [0.2, 0.25) is 0 Å². The molecule has 0 spiro atoms. The standard InChI is InChI=1S/C28H28F3N5O3/c1-16-5-6-18(39-12-4-10-28(2,3)38)14-19(16)17-9-11-32-23(13-17)34-27(37)26-33-24(35-36-26)15-20-21(29)7-8-22(30)25(20)31/h5-9,11,13-14,38H,4,10,12,15H2,1-3H3,(H,32,34,37)(H,33,35,36). The highest BCUT2D eigenvalue weighted by molar-refractivity contribution is 6.01. The highest BCUT2D eigenvalue weighted by Gasteiger charge is 2.19. The lowest BCUT2D eigenvalue weighted by Gasteiger charge is -2.17. The first-order chi connectivity index (χ1) is 18.5. The van der Waals surface area contributed by atoms with Crippen LogP contribution in [0, 0.1) is 24.4 Å². The summed E-state index contributed by atoms with van der Waals surface area (Å²) in [6.45, 7) is 5.93. The number of H-pyrrole nitrogens is 1. The summed E-state index contributed by atoms with van der Waals surface area (Å²) in [5, 5.41) is 20.0. The number of nitrogens with one attached hydrogen (secondary N) is 2. The van der Waals surface area contributed by atoms with Crippen molar-refractivity contribution in [3.63, 3.8) is 0 Å². The third-order valence-corrected chi connectivity index (χ3v) is 5.95. The number of ether oxygens (including phenoxy) is 1. The van der Waals surface area contributed by atoms with Crippen LogP contribution in [0.25, 0.3) is 11.1 Å². The Morgan fingerprint density at radius 2 is 1.85 bits per heavy atom. The molecule has 0 atom stereocenters. The van der Waals surface area contributed by atoms with Crippen LogP contribution in [0.1, 0.15) is 54.3 Å². The fraction of sp³-hybridized carbons (Fsp3) is 0.286. The van der Waals surface area contributed by atoms with Gasteiger partial charge >= 0.3 is 0 Å². The third kappa shape index (κ3) is 7.20. The number of anilines is 1. The van der Waals surface area contributed by atoms with Gasteiger partial charge in [0.2, 0.25) is 5.82 Å². The molecule has 8 nitrogen and oxygen atoms in total. The van der Waals surface area contributed by atoms with Crippen LogP contribution < -0.4 is 10.1 Å². The topological polar surface area (TPSA) is 113 Å². The second-order valence-electron chi connectivity index (χ2n) is 9.74. The number of carbonyl (C=O) groups is 1. The van der Waals surface area contributed by atoms with E-state index in [9.17, 15) is 23.1 Å². The fourth-order valence-electron chi connectivity index (χ4n) is 3.92. The summed E-state index contributed by atoms with van der Waals surface area (Å²) in [6.07, 6.45) is 2.44. The molecule has 0 saturated carbocycles. The fourth-order valence-corrected chi connectivity index (χ4v) is 3.92. The lowest BCUT2D eigenvalue weighted by atomic mass is 10.0. The predicted molar refractivity (Wildman–Crippen MR) is 139 cm³/mol. The molecule has 0 aliphatic heterocycles. The van der Waals surface area contributed by atoms with Gasteiger partial charge in [0.15, 0.2) is 11.6 Å². The highest BCUT2D eigenvalue weighted by Crippen LogP contribution is 2.29. The van der Waals surface area contributed by atoms with Gasteiger partial charge in [-0.1, -0.05) is 6.07 Å². The molecular formula is C28H28F3N5O3. The Labute approximate surface area is 223 Å². The number of rotatable bonds is 10. The Balaban J connectivity index is 1.44. The summed E-state index contributed by atoms with van der Waals surface area (Å²) >= 11 is 0. The van der Waals surface area contributed by atoms with Crippen LogP contribution >= 0.6 is 0 Å². The number of nitrogens with zero attached hydrogens (tertiary/aromatic N) is 3. The predicted octanol–water partition coefficient (Wildman–Crippen LogP) is 5.37. The maximum absolute atomic E-state index is 14.0. The molecule has 2 heterocycles. The van der Waals surface area contributed by atoms with E-state index in [-0.39, 0.29) is 17.5 Å². The van der Waals surface area contributed by atoms with E-state index in [1.54, 1.807) is 32.2 Å². The lowest BCUT2D eigenvalue weighted by molar-refractivity contribution is 0.0641. The molecule has 0 aliphatic rings. The monoisotopic (exact) mass is 539 g/mol. The molecule has 0 bridgehead atoms. The van der Waals surface area contributed by atoms with Crippen LogP contribution in [0.4, 0.5) is 19.0 Å². The molecule has 2 aromatic carbocycles. The van der Waals surface area contributed by atoms with Gasteiger partial charge in [0.1, 0.15) is 23.2 Å². The maximum Gasteiger partial charge on any atom is 0.294 e. The van der Waals surface area contributed by atoms with Gasteiger partial charge in [0, 0.05) is 18.2 Å². The molecule has 4 rings (SSSR count). The average Bonchev–Trinajstić information content (AvgIpc) is 3.36. The van der Waals surface area contributed by atoms with Gasteiger partial charge in [-0.2, -0.15) is 0 Å². The molecule has 204 valence electrons. The number of hydrogen-bond donors (Lipinski definition) is 3. The summed E-state index contributed by atoms with van der Waals surface area (Å²) in [4.78, 5) is 19.5. The smallest absolute Gasteiger partial charge is 0.294 e. The van der Waals surface area contributed by atoms with E-state index < -0.39 is 40.9 Å². The van der Waals surface area contributed by atoms with Crippen molar-refractivity contribution in [2.45, 2.75) is 45.6 Å². The molecular weight excluding hydrogens is 511 g/mol. The zero-order valence-electron chi connectivity index (χ0n) is 21.7. The van der Waals surface area contributed by atoms with E-state index in [1.807, 2.05) is 25.1 Å². The summed E-state index contributed by atoms with van der Waals surface area (Å²) < 4.78 is 47.2. The van der Waals surface area contributed by atoms with E-state index in [1.165, 1.54) is 0 Å². The molecule has 0 radical (unpaired) electrons. The van der Waals surface area contributed by atoms with E-state index >= 15 is 0 Å². The van der Waals surface area contributed by atoms with Crippen molar-refractivity contribution in [3.05, 3.63) is 88.9 Å². The van der Waals surface area contributed by atoms with Gasteiger partial charge in [-0.15, -0.1) is 10.2 Å². The molecule has 0 fully saturated rings. The quantitative estimate of drug-likeness (QED) is 0.185. The second kappa shape index (κ2) is 11.6. The minimum Gasteiger partial charge on any atom is -0.494 e. The Hall–Kier alpha value is -4.25. The Kier molecular flexibility index (Phi) is 8.29. The van der Waals surface area contributed by atoms with Crippen molar-refractivity contribution in [2.24, 2.45) is 0 Å². The van der Waals surface area contributed by atoms with Gasteiger partial charge in [-0.3, -0.25) is 4.79 Å². The molecule has 4 aromatic rings. The lowest BCUT2D eigenvalue weighted by Crippen LogP contribution is -2.19. The Morgan fingerprint density at radius 3 is 2.62 bits per heavy atom. The molecule has 0 saturated heterocycles. The Bertz CT molecular complexity index is 1480. The van der Waals surface area contributed by atoms with Crippen LogP contribution in [0.5, 0.6) is 5.75 Å². The van der Waals surface area contributed by atoms with Crippen molar-refractivity contribution >= 4 is 11.7 Å². The number of benzene rings is 2. The van der Waals surface area contributed by atoms with Gasteiger partial charge in [0.05, 0.1) is 12.2 Å². The van der Waals surface area contributed by atoms with Gasteiger partial charge in [-0.05, 0) is 86.7 Å². The van der Waals surface area contributed by atoms with Crippen LogP contribution in [0.3, 0.4) is 0 Å². The number of pyridine rings is 1. The molecule has 0 unspecified atom stereocenters. The Morgan fingerprint density at radius 1 is 1.08 bits per heavy atom. The summed E-state index contributed by atoms with van der Waals surface area (Å²) in [6, 6.07) is 10.7. The van der Waals surface area contributed by atoms with Crippen molar-refractivity contribution in [1.82, 2.24) is 20.2 Å². The van der Waals surface area contributed by atoms with Gasteiger partial charge in [0.25, 0.3) is 5.91 Å². The normalized spacial score (nSPS) is 11.5. The summed E-state index contributed by atoms with van der Waals surface area (Å²) in [7, 11) is 0. The zero-order valence-corrected chi connectivity index (χ0v) is 21.7. The van der Waals surface area contributed by atoms with E-state index in [4.69, 9.17) is 4.74 Å². The minimum absolute atomic E-state index is 0.0137. The number of aromatic nitrogens is 4. The van der Waals surface area contributed by atoms with Crippen molar-refractivity contribution < 1.29 is 27.8 Å². The first-order valence-electron chi connectivity index (χ1n) is 12.3. The van der Waals surface area contributed by atoms with E-state index in [0.29, 0.717) is 31.3 Å². The molecule has 39 heavy (non-hydrogen) atoms. The number of aromatic amines is 1. The highest BCUT2D eigenvalue weighted by atomic mass is 19.2. The van der Waals surface area contributed by atoms with Crippen LogP contribution in [-0.4, -0.2) is 43.4 Å².